The van der Waals surface area contributed by atoms with Crippen LogP contribution >= 0.6 is 12.4 Å². The van der Waals surface area contributed by atoms with Crippen LogP contribution in [0.3, 0.4) is 0 Å². The number of hydrogen-bond acceptors (Lipinski definition) is 5. The van der Waals surface area contributed by atoms with Gasteiger partial charge in [0.05, 0.1) is 30.7 Å². The van der Waals surface area contributed by atoms with Crippen LogP contribution in [-0.4, -0.2) is 40.3 Å². The first kappa shape index (κ1) is 25.1. The van der Waals surface area contributed by atoms with Crippen molar-refractivity contribution in [3.63, 3.8) is 0 Å². The molecule has 0 spiro atoms. The Hall–Kier alpha value is -2.16. The molecule has 0 aliphatic carbocycles. The molecule has 1 N–H and O–H groups in total. The van der Waals surface area contributed by atoms with E-state index in [9.17, 15) is 17.6 Å². The Morgan fingerprint density at radius 3 is 2.52 bits per heavy atom. The van der Waals surface area contributed by atoms with E-state index in [2.05, 4.69) is 10.1 Å². The van der Waals surface area contributed by atoms with Crippen molar-refractivity contribution < 1.29 is 22.3 Å². The Kier molecular flexibility index (Phi) is 8.85. The van der Waals surface area contributed by atoms with Crippen LogP contribution in [0.2, 0.25) is 0 Å². The van der Waals surface area contributed by atoms with Crippen molar-refractivity contribution in [2.45, 2.75) is 32.2 Å². The number of methoxy groups -OCH3 is 1. The van der Waals surface area contributed by atoms with Gasteiger partial charge in [-0.15, -0.1) is 12.4 Å². The van der Waals surface area contributed by atoms with E-state index in [-0.39, 0.29) is 35.8 Å². The van der Waals surface area contributed by atoms with Gasteiger partial charge in [0.25, 0.3) is 0 Å². The van der Waals surface area contributed by atoms with Gasteiger partial charge in [0, 0.05) is 5.56 Å². The summed E-state index contributed by atoms with van der Waals surface area (Å²) in [5, 5.41) is 3.33. The van der Waals surface area contributed by atoms with Gasteiger partial charge in [-0.2, -0.15) is 0 Å². The molecule has 31 heavy (non-hydrogen) atoms. The monoisotopic (exact) mass is 470 g/mol. The fourth-order valence-electron chi connectivity index (χ4n) is 3.67. The minimum Gasteiger partial charge on any atom is -0.465 e. The Morgan fingerprint density at radius 1 is 1.19 bits per heavy atom. The zero-order valence-electron chi connectivity index (χ0n) is 17.6. The first-order chi connectivity index (χ1) is 14.4. The Morgan fingerprint density at radius 2 is 1.90 bits per heavy atom. The summed E-state index contributed by atoms with van der Waals surface area (Å²) in [4.78, 5) is 11.6. The molecule has 1 saturated heterocycles. The number of nitrogens with one attached hydrogen (secondary N) is 1. The lowest BCUT2D eigenvalue weighted by atomic mass is 9.90. The summed E-state index contributed by atoms with van der Waals surface area (Å²) in [6.45, 7) is 3.28. The van der Waals surface area contributed by atoms with Crippen molar-refractivity contribution in [1.82, 2.24) is 5.32 Å². The van der Waals surface area contributed by atoms with Crippen molar-refractivity contribution in [2.24, 2.45) is 0 Å². The number of benzene rings is 2. The van der Waals surface area contributed by atoms with Crippen LogP contribution in [0, 0.1) is 5.82 Å². The van der Waals surface area contributed by atoms with E-state index < -0.39 is 21.8 Å². The molecule has 0 atom stereocenters. The molecule has 0 radical (unpaired) electrons. The van der Waals surface area contributed by atoms with E-state index in [1.54, 1.807) is 13.0 Å². The second kappa shape index (κ2) is 10.9. The van der Waals surface area contributed by atoms with Crippen LogP contribution < -0.4 is 9.62 Å². The van der Waals surface area contributed by atoms with Gasteiger partial charge < -0.3 is 10.1 Å². The molecule has 0 amide bonds. The molecule has 0 aromatic heterocycles. The van der Waals surface area contributed by atoms with Gasteiger partial charge in [0.15, 0.2) is 0 Å². The number of piperidine rings is 1. The van der Waals surface area contributed by atoms with Crippen molar-refractivity contribution in [3.05, 3.63) is 65.0 Å². The molecule has 9 heteroatoms. The molecule has 3 rings (SSSR count). The van der Waals surface area contributed by atoms with Gasteiger partial charge in [0.2, 0.25) is 10.0 Å². The van der Waals surface area contributed by atoms with E-state index >= 15 is 0 Å². The summed E-state index contributed by atoms with van der Waals surface area (Å²) in [5.41, 5.74) is 1.87. The maximum absolute atomic E-state index is 14.6. The number of rotatable bonds is 7. The van der Waals surface area contributed by atoms with Crippen LogP contribution in [0.25, 0.3) is 0 Å². The van der Waals surface area contributed by atoms with Crippen molar-refractivity contribution in [1.29, 1.82) is 0 Å². The lowest BCUT2D eigenvalue weighted by Crippen LogP contribution is -2.32. The Bertz CT molecular complexity index is 1010. The minimum atomic E-state index is -3.64. The number of hydrogen-bond donors (Lipinski definition) is 1. The lowest BCUT2D eigenvalue weighted by Gasteiger charge is -2.27. The number of ether oxygens (including phenoxy) is 1. The van der Waals surface area contributed by atoms with Gasteiger partial charge in [-0.1, -0.05) is 18.2 Å². The van der Waals surface area contributed by atoms with Gasteiger partial charge >= 0.3 is 5.97 Å². The summed E-state index contributed by atoms with van der Waals surface area (Å²) in [6.07, 6.45) is 1.99. The average molecular weight is 471 g/mol. The standard InChI is InChI=1S/C22H27FN2O4S.ClH/c1-3-30(27,28)25(15-19-8-7-18(14-21(19)23)22(26)29-2)20-6-4-5-17(13-20)16-9-11-24-12-10-16;/h4-8,13-14,16,24H,3,9-12,15H2,1-2H3;1H. The number of nitrogens with zero attached hydrogens (tertiary/aromatic N) is 1. The highest BCUT2D eigenvalue weighted by Crippen LogP contribution is 2.30. The predicted molar refractivity (Wildman–Crippen MR) is 122 cm³/mol. The zero-order valence-corrected chi connectivity index (χ0v) is 19.3. The molecular weight excluding hydrogens is 443 g/mol. The largest absolute Gasteiger partial charge is 0.465 e. The number of sulfonamides is 1. The van der Waals surface area contributed by atoms with Crippen LogP contribution in [0.4, 0.5) is 10.1 Å². The molecule has 1 fully saturated rings. The first-order valence-electron chi connectivity index (χ1n) is 10.0. The summed E-state index contributed by atoms with van der Waals surface area (Å²) in [6, 6.07) is 11.4. The number of halogens is 2. The molecule has 1 aliphatic rings. The minimum absolute atomic E-state index is 0. The van der Waals surface area contributed by atoms with E-state index in [0.29, 0.717) is 11.6 Å². The first-order valence-corrected chi connectivity index (χ1v) is 11.6. The molecule has 1 heterocycles. The fourth-order valence-corrected chi connectivity index (χ4v) is 4.75. The number of carbonyl (C=O) groups is 1. The molecule has 1 aliphatic heterocycles. The maximum atomic E-state index is 14.6. The number of anilines is 1. The highest BCUT2D eigenvalue weighted by molar-refractivity contribution is 7.92. The molecule has 0 bridgehead atoms. The van der Waals surface area contributed by atoms with Crippen LogP contribution in [-0.2, 0) is 21.3 Å². The fraction of sp³-hybridized carbons (Fsp3) is 0.409. The molecular formula is C22H28ClFN2O4S. The van der Waals surface area contributed by atoms with E-state index in [4.69, 9.17) is 0 Å². The quantitative estimate of drug-likeness (QED) is 0.622. The summed E-state index contributed by atoms with van der Waals surface area (Å²) in [7, 11) is -2.42. The molecule has 0 unspecified atom stereocenters. The Labute approximate surface area is 189 Å². The van der Waals surface area contributed by atoms with Crippen LogP contribution in [0.15, 0.2) is 42.5 Å². The Balaban J connectivity index is 0.00000341. The third-order valence-corrected chi connectivity index (χ3v) is 7.20. The molecule has 0 saturated carbocycles. The SMILES string of the molecule is CCS(=O)(=O)N(Cc1ccc(C(=O)OC)cc1F)c1cccc(C2CCNCC2)c1.Cl. The number of esters is 1. The summed E-state index contributed by atoms with van der Waals surface area (Å²) < 4.78 is 46.2. The zero-order chi connectivity index (χ0) is 21.7. The van der Waals surface area contributed by atoms with E-state index in [1.807, 2.05) is 18.2 Å². The van der Waals surface area contributed by atoms with Crippen molar-refractivity contribution in [2.75, 3.05) is 30.3 Å². The lowest BCUT2D eigenvalue weighted by molar-refractivity contribution is 0.0600. The van der Waals surface area contributed by atoms with E-state index in [0.717, 1.165) is 37.6 Å². The second-order valence-corrected chi connectivity index (χ2v) is 9.51. The highest BCUT2D eigenvalue weighted by atomic mass is 35.5. The van der Waals surface area contributed by atoms with Gasteiger partial charge in [-0.05, 0) is 68.6 Å². The summed E-state index contributed by atoms with van der Waals surface area (Å²) in [5.74, 6) is -1.03. The third-order valence-electron chi connectivity index (χ3n) is 5.46. The predicted octanol–water partition coefficient (Wildman–Crippen LogP) is 3.86. The second-order valence-electron chi connectivity index (χ2n) is 7.32. The smallest absolute Gasteiger partial charge is 0.337 e. The van der Waals surface area contributed by atoms with Gasteiger partial charge in [-0.3, -0.25) is 4.31 Å². The topological polar surface area (TPSA) is 75.7 Å². The maximum Gasteiger partial charge on any atom is 0.337 e. The third kappa shape index (κ3) is 5.96. The normalized spacial score (nSPS) is 14.5. The number of carbonyl (C=O) groups excluding carboxylic acids is 1. The van der Waals surface area contributed by atoms with E-state index in [1.165, 1.54) is 23.5 Å². The van der Waals surface area contributed by atoms with Crippen LogP contribution in [0.1, 0.15) is 47.2 Å². The molecule has 2 aromatic carbocycles. The van der Waals surface area contributed by atoms with Gasteiger partial charge in [-0.25, -0.2) is 17.6 Å². The van der Waals surface area contributed by atoms with Crippen molar-refractivity contribution in [3.8, 4) is 0 Å². The average Bonchev–Trinajstić information content (AvgIpc) is 2.78. The molecule has 6 nitrogen and oxygen atoms in total. The molecule has 170 valence electrons. The van der Waals surface area contributed by atoms with Gasteiger partial charge in [0.1, 0.15) is 5.82 Å². The highest BCUT2D eigenvalue weighted by Gasteiger charge is 2.24. The molecule has 2 aromatic rings. The summed E-state index contributed by atoms with van der Waals surface area (Å²) >= 11 is 0. The van der Waals surface area contributed by atoms with Crippen molar-refractivity contribution >= 4 is 34.1 Å². The van der Waals surface area contributed by atoms with Crippen LogP contribution in [0.5, 0.6) is 0 Å².